The number of carbonyl (C=O) groups excluding carboxylic acids is 3. The number of hydrogen-bond donors (Lipinski definition) is 2. The number of hydrogen-bond acceptors (Lipinski definition) is 5. The average Bonchev–Trinajstić information content (AvgIpc) is 3.03. The first-order chi connectivity index (χ1) is 15.9. The van der Waals surface area contributed by atoms with Gasteiger partial charge in [-0.15, -0.1) is 0 Å². The zero-order chi connectivity index (χ0) is 23.5. The van der Waals surface area contributed by atoms with Crippen molar-refractivity contribution in [2.45, 2.75) is 0 Å². The molecule has 0 atom stereocenters. The van der Waals surface area contributed by atoms with Crippen LogP contribution in [0.25, 0.3) is 0 Å². The van der Waals surface area contributed by atoms with Crippen LogP contribution in [0.2, 0.25) is 5.02 Å². The lowest BCUT2D eigenvalue weighted by Gasteiger charge is -2.16. The van der Waals surface area contributed by atoms with E-state index in [1.165, 1.54) is 7.11 Å². The van der Waals surface area contributed by atoms with Crippen molar-refractivity contribution in [2.24, 2.45) is 0 Å². The number of nitrogens with one attached hydrogen (secondary N) is 2. The Morgan fingerprint density at radius 1 is 0.879 bits per heavy atom. The lowest BCUT2D eigenvalue weighted by Crippen LogP contribution is -2.32. The Morgan fingerprint density at radius 3 is 2.24 bits per heavy atom. The number of rotatable bonds is 6. The summed E-state index contributed by atoms with van der Waals surface area (Å²) in [6.07, 6.45) is 0. The van der Waals surface area contributed by atoms with Crippen LogP contribution in [-0.4, -0.2) is 24.8 Å². The van der Waals surface area contributed by atoms with Gasteiger partial charge in [-0.05, 0) is 48.5 Å². The number of halogens is 2. The van der Waals surface area contributed by atoms with Crippen molar-refractivity contribution in [3.8, 4) is 5.75 Å². The van der Waals surface area contributed by atoms with Gasteiger partial charge >= 0.3 is 0 Å². The SMILES string of the molecule is COc1ccccc1NC(=O)c1ccc(NC2=C(Cl)C(=O)N(c3ccccc3Cl)C2=O)cc1. The summed E-state index contributed by atoms with van der Waals surface area (Å²) in [6.45, 7) is 0. The van der Waals surface area contributed by atoms with Gasteiger partial charge in [0.05, 0.1) is 23.5 Å². The third kappa shape index (κ3) is 4.41. The number of methoxy groups -OCH3 is 1. The summed E-state index contributed by atoms with van der Waals surface area (Å²) < 4.78 is 5.24. The Hall–Kier alpha value is -3.81. The van der Waals surface area contributed by atoms with Crippen LogP contribution >= 0.6 is 23.2 Å². The number of benzene rings is 3. The van der Waals surface area contributed by atoms with Gasteiger partial charge in [-0.3, -0.25) is 14.4 Å². The summed E-state index contributed by atoms with van der Waals surface area (Å²) >= 11 is 12.3. The standard InChI is InChI=1S/C24H17Cl2N3O4/c1-33-19-9-5-3-7-17(19)28-22(30)14-10-12-15(13-11-14)27-21-20(26)23(31)29(24(21)32)18-8-4-2-6-16(18)25/h2-13,27H,1H3,(H,28,30). The third-order valence-electron chi connectivity index (χ3n) is 4.89. The van der Waals surface area contributed by atoms with Crippen molar-refractivity contribution >= 4 is 58.0 Å². The van der Waals surface area contributed by atoms with Crippen LogP contribution in [-0.2, 0) is 9.59 Å². The molecule has 0 radical (unpaired) electrons. The summed E-state index contributed by atoms with van der Waals surface area (Å²) in [4.78, 5) is 39.0. The number of imide groups is 1. The van der Waals surface area contributed by atoms with Crippen molar-refractivity contribution in [1.29, 1.82) is 0 Å². The second-order valence-corrected chi connectivity index (χ2v) is 7.73. The van der Waals surface area contributed by atoms with Gasteiger partial charge < -0.3 is 15.4 Å². The third-order valence-corrected chi connectivity index (χ3v) is 5.56. The van der Waals surface area contributed by atoms with Gasteiger partial charge in [-0.1, -0.05) is 47.5 Å². The number of anilines is 3. The first-order valence-corrected chi connectivity index (χ1v) is 10.5. The molecular weight excluding hydrogens is 465 g/mol. The molecule has 0 unspecified atom stereocenters. The molecule has 33 heavy (non-hydrogen) atoms. The number of para-hydroxylation sites is 3. The fourth-order valence-electron chi connectivity index (χ4n) is 3.25. The normalized spacial score (nSPS) is 13.4. The van der Waals surface area contributed by atoms with Gasteiger partial charge in [0.1, 0.15) is 16.5 Å². The highest BCUT2D eigenvalue weighted by Crippen LogP contribution is 2.34. The highest BCUT2D eigenvalue weighted by atomic mass is 35.5. The van der Waals surface area contributed by atoms with E-state index >= 15 is 0 Å². The average molecular weight is 482 g/mol. The quantitative estimate of drug-likeness (QED) is 0.481. The maximum Gasteiger partial charge on any atom is 0.283 e. The molecule has 3 aromatic rings. The van der Waals surface area contributed by atoms with Crippen LogP contribution in [0.4, 0.5) is 17.1 Å². The molecule has 0 saturated carbocycles. The van der Waals surface area contributed by atoms with Gasteiger partial charge in [0, 0.05) is 11.3 Å². The fourth-order valence-corrected chi connectivity index (χ4v) is 3.69. The molecule has 1 heterocycles. The van der Waals surface area contributed by atoms with Crippen molar-refractivity contribution in [1.82, 2.24) is 0 Å². The van der Waals surface area contributed by atoms with Crippen LogP contribution < -0.4 is 20.3 Å². The van der Waals surface area contributed by atoms with E-state index in [4.69, 9.17) is 27.9 Å². The van der Waals surface area contributed by atoms with E-state index < -0.39 is 11.8 Å². The van der Waals surface area contributed by atoms with Gasteiger partial charge in [-0.2, -0.15) is 0 Å². The molecule has 0 fully saturated rings. The summed E-state index contributed by atoms with van der Waals surface area (Å²) in [6, 6.07) is 19.9. The van der Waals surface area contributed by atoms with E-state index in [2.05, 4.69) is 10.6 Å². The number of carbonyl (C=O) groups is 3. The van der Waals surface area contributed by atoms with E-state index in [1.54, 1.807) is 72.8 Å². The van der Waals surface area contributed by atoms with E-state index in [1.807, 2.05) is 0 Å². The predicted molar refractivity (Wildman–Crippen MR) is 128 cm³/mol. The van der Waals surface area contributed by atoms with Crippen LogP contribution in [0.5, 0.6) is 5.75 Å². The molecule has 3 aromatic carbocycles. The van der Waals surface area contributed by atoms with Crippen LogP contribution in [0.15, 0.2) is 83.5 Å². The zero-order valence-corrected chi connectivity index (χ0v) is 18.8. The van der Waals surface area contributed by atoms with Gasteiger partial charge in [0.2, 0.25) is 0 Å². The lowest BCUT2D eigenvalue weighted by atomic mass is 10.1. The van der Waals surface area contributed by atoms with Crippen molar-refractivity contribution < 1.29 is 19.1 Å². The van der Waals surface area contributed by atoms with E-state index in [0.29, 0.717) is 22.7 Å². The van der Waals surface area contributed by atoms with Crippen LogP contribution in [0.3, 0.4) is 0 Å². The Balaban J connectivity index is 1.50. The Bertz CT molecular complexity index is 1290. The minimum atomic E-state index is -0.676. The van der Waals surface area contributed by atoms with Gasteiger partial charge in [0.15, 0.2) is 0 Å². The van der Waals surface area contributed by atoms with Crippen LogP contribution in [0, 0.1) is 0 Å². The molecule has 0 bridgehead atoms. The maximum absolute atomic E-state index is 12.9. The van der Waals surface area contributed by atoms with Crippen molar-refractivity contribution in [2.75, 3.05) is 22.6 Å². The van der Waals surface area contributed by atoms with Gasteiger partial charge in [0.25, 0.3) is 17.7 Å². The largest absolute Gasteiger partial charge is 0.495 e. The molecule has 7 nitrogen and oxygen atoms in total. The maximum atomic E-state index is 12.9. The topological polar surface area (TPSA) is 87.7 Å². The Labute approximate surface area is 199 Å². The molecule has 1 aliphatic rings. The predicted octanol–water partition coefficient (Wildman–Crippen LogP) is 5.04. The summed E-state index contributed by atoms with van der Waals surface area (Å²) in [5.41, 5.74) is 1.57. The zero-order valence-electron chi connectivity index (χ0n) is 17.3. The molecule has 3 amide bonds. The minimum Gasteiger partial charge on any atom is -0.495 e. The Kier molecular flexibility index (Phi) is 6.35. The summed E-state index contributed by atoms with van der Waals surface area (Å²) in [7, 11) is 1.52. The number of nitrogens with zero attached hydrogens (tertiary/aromatic N) is 1. The fraction of sp³-hybridized carbons (Fsp3) is 0.0417. The molecular formula is C24H17Cl2N3O4. The smallest absolute Gasteiger partial charge is 0.283 e. The van der Waals surface area contributed by atoms with Crippen LogP contribution in [0.1, 0.15) is 10.4 Å². The minimum absolute atomic E-state index is 0.0761. The highest BCUT2D eigenvalue weighted by Gasteiger charge is 2.39. The lowest BCUT2D eigenvalue weighted by molar-refractivity contribution is -0.120. The molecule has 0 aromatic heterocycles. The molecule has 2 N–H and O–H groups in total. The summed E-state index contributed by atoms with van der Waals surface area (Å²) in [5.74, 6) is -1.10. The second kappa shape index (κ2) is 9.36. The van der Waals surface area contributed by atoms with Crippen molar-refractivity contribution in [3.05, 3.63) is 94.1 Å². The molecule has 166 valence electrons. The Morgan fingerprint density at radius 2 is 1.55 bits per heavy atom. The molecule has 4 rings (SSSR count). The molecule has 0 spiro atoms. The monoisotopic (exact) mass is 481 g/mol. The highest BCUT2D eigenvalue weighted by molar-refractivity contribution is 6.53. The second-order valence-electron chi connectivity index (χ2n) is 6.94. The molecule has 1 aliphatic heterocycles. The van der Waals surface area contributed by atoms with E-state index in [-0.39, 0.29) is 27.3 Å². The molecule has 0 aliphatic carbocycles. The summed E-state index contributed by atoms with van der Waals surface area (Å²) in [5, 5.41) is 5.65. The van der Waals surface area contributed by atoms with E-state index in [0.717, 1.165) is 4.90 Å². The molecule has 9 heteroatoms. The van der Waals surface area contributed by atoms with Gasteiger partial charge in [-0.25, -0.2) is 4.90 Å². The first-order valence-electron chi connectivity index (χ1n) is 9.75. The molecule has 0 saturated heterocycles. The number of ether oxygens (including phenoxy) is 1. The number of amides is 3. The van der Waals surface area contributed by atoms with E-state index in [9.17, 15) is 14.4 Å². The van der Waals surface area contributed by atoms with Crippen molar-refractivity contribution in [3.63, 3.8) is 0 Å². The first kappa shape index (κ1) is 22.4.